The van der Waals surface area contributed by atoms with Crippen LogP contribution in [0.15, 0.2) is 56.3 Å². The molecule has 0 saturated carbocycles. The predicted molar refractivity (Wildman–Crippen MR) is 81.1 cm³/mol. The number of benzene rings is 1. The zero-order chi connectivity index (χ0) is 16.4. The first-order chi connectivity index (χ1) is 11.0. The molecule has 8 heteroatoms. The van der Waals surface area contributed by atoms with Crippen molar-refractivity contribution in [1.82, 2.24) is 10.9 Å². The van der Waals surface area contributed by atoms with Crippen LogP contribution in [0, 0.1) is 0 Å². The van der Waals surface area contributed by atoms with Crippen molar-refractivity contribution in [2.45, 2.75) is 0 Å². The van der Waals surface area contributed by atoms with E-state index in [9.17, 15) is 14.4 Å². The number of furan rings is 1. The molecule has 3 rings (SSSR count). The van der Waals surface area contributed by atoms with E-state index in [0.717, 1.165) is 6.07 Å². The highest BCUT2D eigenvalue weighted by Gasteiger charge is 2.15. The number of fused-ring (bicyclic) bond motifs is 1. The third-order valence-corrected chi connectivity index (χ3v) is 3.18. The second-order valence-corrected chi connectivity index (χ2v) is 4.94. The Labute approximate surface area is 133 Å². The fourth-order valence-electron chi connectivity index (χ4n) is 1.88. The molecule has 0 spiro atoms. The number of carbonyl (C=O) groups excluding carboxylic acids is 2. The summed E-state index contributed by atoms with van der Waals surface area (Å²) in [4.78, 5) is 35.6. The summed E-state index contributed by atoms with van der Waals surface area (Å²) in [5.41, 5.74) is 4.07. The molecule has 0 radical (unpaired) electrons. The highest BCUT2D eigenvalue weighted by Crippen LogP contribution is 2.17. The van der Waals surface area contributed by atoms with E-state index in [-0.39, 0.29) is 22.5 Å². The molecule has 1 aromatic carbocycles. The first kappa shape index (κ1) is 14.9. The Kier molecular flexibility index (Phi) is 3.86. The second kappa shape index (κ2) is 5.98. The summed E-state index contributed by atoms with van der Waals surface area (Å²) in [6, 6.07) is 8.45. The maximum atomic E-state index is 12.0. The van der Waals surface area contributed by atoms with E-state index in [1.807, 2.05) is 0 Å². The summed E-state index contributed by atoms with van der Waals surface area (Å²) < 4.78 is 10.2. The molecular formula is C15H9ClN2O5. The van der Waals surface area contributed by atoms with Gasteiger partial charge in [0.2, 0.25) is 0 Å². The van der Waals surface area contributed by atoms with E-state index in [4.69, 9.17) is 20.4 Å². The molecule has 2 amide bonds. The molecule has 0 aliphatic heterocycles. The molecule has 2 N–H and O–H groups in total. The number of rotatable bonds is 2. The fraction of sp³-hybridized carbons (Fsp3) is 0. The van der Waals surface area contributed by atoms with Gasteiger partial charge in [-0.3, -0.25) is 25.2 Å². The summed E-state index contributed by atoms with van der Waals surface area (Å²) in [7, 11) is 0. The summed E-state index contributed by atoms with van der Waals surface area (Å²) in [5, 5.41) is 0.640. The topological polar surface area (TPSA) is 102 Å². The number of halogens is 1. The molecule has 0 saturated heterocycles. The molecule has 0 aliphatic rings. The SMILES string of the molecule is O=C(NNC(=O)c1cc(=O)c2cc(Cl)ccc2o1)c1ccco1. The van der Waals surface area contributed by atoms with Gasteiger partial charge in [-0.2, -0.15) is 0 Å². The molecule has 23 heavy (non-hydrogen) atoms. The first-order valence-electron chi connectivity index (χ1n) is 6.42. The Bertz CT molecular complexity index is 946. The molecule has 7 nitrogen and oxygen atoms in total. The normalized spacial score (nSPS) is 10.5. The van der Waals surface area contributed by atoms with Crippen LogP contribution >= 0.6 is 11.6 Å². The van der Waals surface area contributed by atoms with Crippen molar-refractivity contribution in [2.75, 3.05) is 0 Å². The van der Waals surface area contributed by atoms with Gasteiger partial charge in [0.1, 0.15) is 5.58 Å². The average molecular weight is 333 g/mol. The number of hydrogen-bond donors (Lipinski definition) is 2. The lowest BCUT2D eigenvalue weighted by molar-refractivity contribution is 0.0817. The largest absolute Gasteiger partial charge is 0.459 e. The number of nitrogens with one attached hydrogen (secondary N) is 2. The van der Waals surface area contributed by atoms with Gasteiger partial charge in [0.15, 0.2) is 16.9 Å². The van der Waals surface area contributed by atoms with Crippen LogP contribution in [0.3, 0.4) is 0 Å². The highest BCUT2D eigenvalue weighted by molar-refractivity contribution is 6.31. The lowest BCUT2D eigenvalue weighted by Gasteiger charge is -2.06. The van der Waals surface area contributed by atoms with Crippen molar-refractivity contribution < 1.29 is 18.4 Å². The maximum Gasteiger partial charge on any atom is 0.305 e. The van der Waals surface area contributed by atoms with Gasteiger partial charge in [0.05, 0.1) is 11.6 Å². The van der Waals surface area contributed by atoms with Gasteiger partial charge in [-0.05, 0) is 30.3 Å². The second-order valence-electron chi connectivity index (χ2n) is 4.50. The molecule has 0 fully saturated rings. The Morgan fingerprint density at radius 3 is 2.43 bits per heavy atom. The molecule has 0 unspecified atom stereocenters. The standard InChI is InChI=1S/C15H9ClN2O5/c16-8-3-4-11-9(6-8)10(19)7-13(23-11)15(21)18-17-14(20)12-2-1-5-22-12/h1-7H,(H,17,20)(H,18,21). The molecule has 0 atom stereocenters. The fourth-order valence-corrected chi connectivity index (χ4v) is 2.06. The van der Waals surface area contributed by atoms with Gasteiger partial charge >= 0.3 is 11.8 Å². The van der Waals surface area contributed by atoms with Gasteiger partial charge in [0, 0.05) is 11.1 Å². The Morgan fingerprint density at radius 2 is 1.74 bits per heavy atom. The Hall–Kier alpha value is -3.06. The lowest BCUT2D eigenvalue weighted by Crippen LogP contribution is -2.41. The molecule has 2 aromatic heterocycles. The van der Waals surface area contributed by atoms with Crippen molar-refractivity contribution in [3.63, 3.8) is 0 Å². The van der Waals surface area contributed by atoms with Crippen molar-refractivity contribution in [1.29, 1.82) is 0 Å². The first-order valence-corrected chi connectivity index (χ1v) is 6.80. The van der Waals surface area contributed by atoms with Crippen LogP contribution < -0.4 is 16.3 Å². The smallest absolute Gasteiger partial charge is 0.305 e. The van der Waals surface area contributed by atoms with Crippen LogP contribution in [0.4, 0.5) is 0 Å². The van der Waals surface area contributed by atoms with E-state index < -0.39 is 17.2 Å². The number of hydrogen-bond acceptors (Lipinski definition) is 5. The van der Waals surface area contributed by atoms with Gasteiger partial charge in [-0.1, -0.05) is 11.6 Å². The summed E-state index contributed by atoms with van der Waals surface area (Å²) in [6.07, 6.45) is 1.32. The zero-order valence-electron chi connectivity index (χ0n) is 11.5. The van der Waals surface area contributed by atoms with E-state index in [1.165, 1.54) is 36.6 Å². The van der Waals surface area contributed by atoms with Crippen molar-refractivity contribution >= 4 is 34.4 Å². The van der Waals surface area contributed by atoms with Gasteiger partial charge in [-0.25, -0.2) is 0 Å². The predicted octanol–water partition coefficient (Wildman–Crippen LogP) is 2.11. The van der Waals surface area contributed by atoms with E-state index in [2.05, 4.69) is 10.9 Å². The van der Waals surface area contributed by atoms with Crippen molar-refractivity contribution in [3.05, 3.63) is 69.4 Å². The lowest BCUT2D eigenvalue weighted by atomic mass is 10.2. The van der Waals surface area contributed by atoms with Crippen LogP contribution in [-0.2, 0) is 0 Å². The van der Waals surface area contributed by atoms with Gasteiger partial charge < -0.3 is 8.83 Å². The van der Waals surface area contributed by atoms with E-state index >= 15 is 0 Å². The van der Waals surface area contributed by atoms with Crippen molar-refractivity contribution in [3.8, 4) is 0 Å². The van der Waals surface area contributed by atoms with Crippen LogP contribution in [-0.4, -0.2) is 11.8 Å². The molecular weight excluding hydrogens is 324 g/mol. The summed E-state index contributed by atoms with van der Waals surface area (Å²) in [6.45, 7) is 0. The molecule has 116 valence electrons. The Morgan fingerprint density at radius 1 is 1.00 bits per heavy atom. The average Bonchev–Trinajstić information content (AvgIpc) is 3.07. The van der Waals surface area contributed by atoms with Gasteiger partial charge in [0.25, 0.3) is 0 Å². The van der Waals surface area contributed by atoms with E-state index in [1.54, 1.807) is 0 Å². The molecule has 0 bridgehead atoms. The minimum atomic E-state index is -0.779. The molecule has 0 aliphatic carbocycles. The molecule has 2 heterocycles. The van der Waals surface area contributed by atoms with Crippen LogP contribution in [0.2, 0.25) is 5.02 Å². The van der Waals surface area contributed by atoms with Gasteiger partial charge in [-0.15, -0.1) is 0 Å². The number of amides is 2. The monoisotopic (exact) mass is 332 g/mol. The number of carbonyl (C=O) groups is 2. The van der Waals surface area contributed by atoms with Crippen molar-refractivity contribution in [2.24, 2.45) is 0 Å². The summed E-state index contributed by atoms with van der Waals surface area (Å²) in [5.74, 6) is -1.64. The third-order valence-electron chi connectivity index (χ3n) is 2.95. The molecule has 3 aromatic rings. The number of hydrazine groups is 1. The highest BCUT2D eigenvalue weighted by atomic mass is 35.5. The maximum absolute atomic E-state index is 12.0. The van der Waals surface area contributed by atoms with Crippen LogP contribution in [0.5, 0.6) is 0 Å². The quantitative estimate of drug-likeness (QED) is 0.700. The van der Waals surface area contributed by atoms with E-state index in [0.29, 0.717) is 5.02 Å². The minimum Gasteiger partial charge on any atom is -0.459 e. The summed E-state index contributed by atoms with van der Waals surface area (Å²) >= 11 is 5.81. The van der Waals surface area contributed by atoms with Crippen LogP contribution in [0.25, 0.3) is 11.0 Å². The Balaban J connectivity index is 1.80. The minimum absolute atomic E-state index is 0.0277. The zero-order valence-corrected chi connectivity index (χ0v) is 12.2. The van der Waals surface area contributed by atoms with Crippen LogP contribution in [0.1, 0.15) is 21.1 Å². The third kappa shape index (κ3) is 3.09.